The number of hydrogen-bond donors (Lipinski definition) is 3. The molecule has 1 heterocycles. The Balaban J connectivity index is 2.37. The summed E-state index contributed by atoms with van der Waals surface area (Å²) in [5.74, 6) is 0.415. The number of ether oxygens (including phenoxy) is 1. The van der Waals surface area contributed by atoms with Crippen molar-refractivity contribution >= 4 is 17.3 Å². The van der Waals surface area contributed by atoms with Gasteiger partial charge in [-0.05, 0) is 25.1 Å². The molecule has 98 valence electrons. The van der Waals surface area contributed by atoms with Gasteiger partial charge in [-0.25, -0.2) is 0 Å². The molecule has 0 bridgehead atoms. The van der Waals surface area contributed by atoms with E-state index in [4.69, 9.17) is 21.3 Å². The Morgan fingerprint density at radius 3 is 2.94 bits per heavy atom. The van der Waals surface area contributed by atoms with Gasteiger partial charge >= 0.3 is 0 Å². The van der Waals surface area contributed by atoms with Gasteiger partial charge in [-0.2, -0.15) is 0 Å². The Hall–Kier alpha value is -1.79. The first kappa shape index (κ1) is 12.7. The van der Waals surface area contributed by atoms with Crippen molar-refractivity contribution in [3.8, 4) is 5.75 Å². The number of amides is 1. The lowest BCUT2D eigenvalue weighted by Gasteiger charge is -2.34. The standard InChI is InChI=1S/C12H17N3O3/c1-7-12(17)15(5-9(14)6-16)10-4-8(13)2-3-11(10)18-7/h2-4,7,9,16H,5-6,13-14H2,1H3. The Morgan fingerprint density at radius 2 is 2.28 bits per heavy atom. The number of carbonyl (C=O) groups is 1. The minimum Gasteiger partial charge on any atom is -0.479 e. The highest BCUT2D eigenvalue weighted by molar-refractivity contribution is 6.00. The molecule has 1 aliphatic heterocycles. The maximum atomic E-state index is 12.1. The van der Waals surface area contributed by atoms with Crippen LogP contribution in [0.4, 0.5) is 11.4 Å². The molecule has 2 unspecified atom stereocenters. The molecule has 0 aromatic heterocycles. The number of nitrogens with two attached hydrogens (primary N) is 2. The van der Waals surface area contributed by atoms with Gasteiger partial charge in [-0.1, -0.05) is 0 Å². The Bertz CT molecular complexity index is 464. The van der Waals surface area contributed by atoms with E-state index < -0.39 is 12.1 Å². The van der Waals surface area contributed by atoms with E-state index in [1.165, 1.54) is 4.90 Å². The minimum absolute atomic E-state index is 0.183. The fourth-order valence-corrected chi connectivity index (χ4v) is 1.90. The summed E-state index contributed by atoms with van der Waals surface area (Å²) in [6, 6.07) is 4.62. The van der Waals surface area contributed by atoms with Crippen LogP contribution in [0.2, 0.25) is 0 Å². The molecule has 0 spiro atoms. The monoisotopic (exact) mass is 251 g/mol. The number of anilines is 2. The fraction of sp³-hybridized carbons (Fsp3) is 0.417. The van der Waals surface area contributed by atoms with Gasteiger partial charge in [0, 0.05) is 18.3 Å². The summed E-state index contributed by atoms with van der Waals surface area (Å²) in [7, 11) is 0. The van der Waals surface area contributed by atoms with Crippen molar-refractivity contribution in [2.24, 2.45) is 5.73 Å². The zero-order chi connectivity index (χ0) is 13.3. The normalized spacial score (nSPS) is 20.3. The summed E-state index contributed by atoms with van der Waals surface area (Å²) in [6.45, 7) is 1.73. The summed E-state index contributed by atoms with van der Waals surface area (Å²) in [4.78, 5) is 13.6. The van der Waals surface area contributed by atoms with Crippen LogP contribution in [-0.4, -0.2) is 36.3 Å². The molecule has 0 saturated carbocycles. The number of aliphatic hydroxyl groups is 1. The van der Waals surface area contributed by atoms with Gasteiger partial charge in [0.15, 0.2) is 6.10 Å². The van der Waals surface area contributed by atoms with Crippen molar-refractivity contribution in [1.82, 2.24) is 0 Å². The van der Waals surface area contributed by atoms with Crippen molar-refractivity contribution in [3.63, 3.8) is 0 Å². The molecule has 1 aliphatic rings. The lowest BCUT2D eigenvalue weighted by molar-refractivity contribution is -0.125. The summed E-state index contributed by atoms with van der Waals surface area (Å²) >= 11 is 0. The highest BCUT2D eigenvalue weighted by Gasteiger charge is 2.32. The number of hydrogen-bond acceptors (Lipinski definition) is 5. The van der Waals surface area contributed by atoms with Crippen LogP contribution in [0.25, 0.3) is 0 Å². The predicted octanol–water partition coefficient (Wildman–Crippen LogP) is -0.298. The van der Waals surface area contributed by atoms with Gasteiger partial charge in [0.05, 0.1) is 12.3 Å². The third kappa shape index (κ3) is 2.25. The molecule has 5 N–H and O–H groups in total. The quantitative estimate of drug-likeness (QED) is 0.640. The van der Waals surface area contributed by atoms with E-state index in [9.17, 15) is 4.79 Å². The van der Waals surface area contributed by atoms with Crippen LogP contribution in [0.3, 0.4) is 0 Å². The van der Waals surface area contributed by atoms with Crippen molar-refractivity contribution in [3.05, 3.63) is 18.2 Å². The first-order valence-electron chi connectivity index (χ1n) is 5.77. The lowest BCUT2D eigenvalue weighted by atomic mass is 10.1. The number of carbonyl (C=O) groups excluding carboxylic acids is 1. The van der Waals surface area contributed by atoms with E-state index in [-0.39, 0.29) is 19.1 Å². The second-order valence-corrected chi connectivity index (χ2v) is 4.38. The molecule has 1 amide bonds. The number of aliphatic hydroxyl groups excluding tert-OH is 1. The molecule has 2 rings (SSSR count). The van der Waals surface area contributed by atoms with Gasteiger partial charge in [0.1, 0.15) is 5.75 Å². The van der Waals surface area contributed by atoms with Gasteiger partial charge in [-0.15, -0.1) is 0 Å². The number of nitrogens with zero attached hydrogens (tertiary/aromatic N) is 1. The third-order valence-electron chi connectivity index (χ3n) is 2.84. The molecule has 1 aromatic carbocycles. The maximum Gasteiger partial charge on any atom is 0.267 e. The molecule has 18 heavy (non-hydrogen) atoms. The van der Waals surface area contributed by atoms with Crippen LogP contribution in [-0.2, 0) is 4.79 Å². The zero-order valence-corrected chi connectivity index (χ0v) is 10.2. The SMILES string of the molecule is CC1Oc2ccc(N)cc2N(CC(N)CO)C1=O. The first-order valence-corrected chi connectivity index (χ1v) is 5.77. The minimum atomic E-state index is -0.563. The predicted molar refractivity (Wildman–Crippen MR) is 68.4 cm³/mol. The molecular weight excluding hydrogens is 234 g/mol. The average molecular weight is 251 g/mol. The van der Waals surface area contributed by atoms with Crippen LogP contribution in [0.5, 0.6) is 5.75 Å². The van der Waals surface area contributed by atoms with E-state index in [0.29, 0.717) is 17.1 Å². The van der Waals surface area contributed by atoms with E-state index in [0.717, 1.165) is 0 Å². The smallest absolute Gasteiger partial charge is 0.267 e. The Labute approximate surface area is 105 Å². The second-order valence-electron chi connectivity index (χ2n) is 4.38. The van der Waals surface area contributed by atoms with Crippen LogP contribution < -0.4 is 21.1 Å². The van der Waals surface area contributed by atoms with Crippen LogP contribution in [0.15, 0.2) is 18.2 Å². The number of benzene rings is 1. The molecule has 0 aliphatic carbocycles. The zero-order valence-electron chi connectivity index (χ0n) is 10.2. The summed E-state index contributed by atoms with van der Waals surface area (Å²) in [5, 5.41) is 9.00. The summed E-state index contributed by atoms with van der Waals surface area (Å²) < 4.78 is 5.49. The van der Waals surface area contributed by atoms with Crippen LogP contribution in [0.1, 0.15) is 6.92 Å². The lowest BCUT2D eigenvalue weighted by Crippen LogP contribution is -2.50. The van der Waals surface area contributed by atoms with E-state index in [1.807, 2.05) is 0 Å². The number of rotatable bonds is 3. The van der Waals surface area contributed by atoms with E-state index in [2.05, 4.69) is 0 Å². The maximum absolute atomic E-state index is 12.1. The second kappa shape index (κ2) is 4.83. The largest absolute Gasteiger partial charge is 0.479 e. The topological polar surface area (TPSA) is 102 Å². The molecular formula is C12H17N3O3. The van der Waals surface area contributed by atoms with Gasteiger partial charge in [0.2, 0.25) is 0 Å². The van der Waals surface area contributed by atoms with Crippen molar-refractivity contribution in [2.45, 2.75) is 19.1 Å². The van der Waals surface area contributed by atoms with E-state index in [1.54, 1.807) is 25.1 Å². The molecule has 0 fully saturated rings. The number of fused-ring (bicyclic) bond motifs is 1. The van der Waals surface area contributed by atoms with Crippen LogP contribution in [0, 0.1) is 0 Å². The third-order valence-corrected chi connectivity index (χ3v) is 2.84. The Kier molecular flexibility index (Phi) is 3.40. The fourth-order valence-electron chi connectivity index (χ4n) is 1.90. The molecule has 2 atom stereocenters. The summed E-state index contributed by atoms with van der Waals surface area (Å²) in [6.07, 6.45) is -0.563. The number of nitrogen functional groups attached to an aromatic ring is 1. The first-order chi connectivity index (χ1) is 8.52. The summed E-state index contributed by atoms with van der Waals surface area (Å²) in [5.41, 5.74) is 12.5. The van der Waals surface area contributed by atoms with Crippen molar-refractivity contribution in [2.75, 3.05) is 23.8 Å². The average Bonchev–Trinajstić information content (AvgIpc) is 2.35. The van der Waals surface area contributed by atoms with Crippen molar-refractivity contribution in [1.29, 1.82) is 0 Å². The molecule has 6 nitrogen and oxygen atoms in total. The molecule has 1 aromatic rings. The molecule has 6 heteroatoms. The van der Waals surface area contributed by atoms with E-state index >= 15 is 0 Å². The van der Waals surface area contributed by atoms with Gasteiger partial charge in [0.25, 0.3) is 5.91 Å². The van der Waals surface area contributed by atoms with Crippen LogP contribution >= 0.6 is 0 Å². The Morgan fingerprint density at radius 1 is 1.56 bits per heavy atom. The highest BCUT2D eigenvalue weighted by atomic mass is 16.5. The molecule has 0 radical (unpaired) electrons. The molecule has 0 saturated heterocycles. The van der Waals surface area contributed by atoms with Crippen molar-refractivity contribution < 1.29 is 14.6 Å². The van der Waals surface area contributed by atoms with Gasteiger partial charge in [-0.3, -0.25) is 4.79 Å². The highest BCUT2D eigenvalue weighted by Crippen LogP contribution is 2.35. The van der Waals surface area contributed by atoms with Gasteiger partial charge < -0.3 is 26.2 Å².